The normalized spacial score (nSPS) is 14.5. The van der Waals surface area contributed by atoms with E-state index in [4.69, 9.17) is 0 Å². The minimum absolute atomic E-state index is 0. The van der Waals surface area contributed by atoms with E-state index in [2.05, 4.69) is 0 Å². The smallest absolute Gasteiger partial charge is 0.746 e. The van der Waals surface area contributed by atoms with Crippen LogP contribution in [0.3, 0.4) is 0 Å². The van der Waals surface area contributed by atoms with Crippen LogP contribution in [-0.4, -0.2) is 24.7 Å². The van der Waals surface area contributed by atoms with Crippen molar-refractivity contribution in [3.05, 3.63) is 0 Å². The average Bonchev–Trinajstić information content (AvgIpc) is 1.93. The van der Waals surface area contributed by atoms with Gasteiger partial charge >= 0.3 is 25.0 Å². The van der Waals surface area contributed by atoms with E-state index in [0.717, 1.165) is 0 Å². The first-order chi connectivity index (χ1) is 6.13. The van der Waals surface area contributed by atoms with Crippen LogP contribution < -0.4 is 18.9 Å². The van der Waals surface area contributed by atoms with Crippen molar-refractivity contribution in [1.82, 2.24) is 0 Å². The summed E-state index contributed by atoms with van der Waals surface area (Å²) >= 11 is 0. The molecule has 0 aromatic rings. The van der Waals surface area contributed by atoms with Crippen LogP contribution in [0.4, 0.5) is 17.6 Å². The van der Waals surface area contributed by atoms with Crippen molar-refractivity contribution in [3.8, 4) is 0 Å². The first kappa shape index (κ1) is 17.6. The molecule has 0 saturated carbocycles. The van der Waals surface area contributed by atoms with Gasteiger partial charge in [-0.2, -0.15) is 13.2 Å². The summed E-state index contributed by atoms with van der Waals surface area (Å²) in [5.74, 6) is 0. The van der Waals surface area contributed by atoms with Crippen LogP contribution in [-0.2, 0) is 10.1 Å². The molecule has 0 aromatic carbocycles. The molecular formula is C6H9F4LiO3S. The fourth-order valence-electron chi connectivity index (χ4n) is 0.775. The molecule has 0 heterocycles. The Bertz CT molecular complexity index is 264. The van der Waals surface area contributed by atoms with Crippen LogP contribution in [0.15, 0.2) is 0 Å². The number of hydrogen-bond donors (Lipinski definition) is 0. The molecule has 0 N–H and O–H groups in total. The number of alkyl halides is 4. The summed E-state index contributed by atoms with van der Waals surface area (Å²) in [6.45, 7) is 0. The van der Waals surface area contributed by atoms with Crippen LogP contribution in [0.25, 0.3) is 0 Å². The van der Waals surface area contributed by atoms with Crippen molar-refractivity contribution in [3.63, 3.8) is 0 Å². The number of rotatable bonds is 5. The minimum Gasteiger partial charge on any atom is -0.746 e. The summed E-state index contributed by atoms with van der Waals surface area (Å²) in [6.07, 6.45) is -6.76. The van der Waals surface area contributed by atoms with Crippen molar-refractivity contribution in [2.45, 2.75) is 37.4 Å². The Morgan fingerprint density at radius 3 is 2.00 bits per heavy atom. The van der Waals surface area contributed by atoms with Gasteiger partial charge in [-0.1, -0.05) is 0 Å². The van der Waals surface area contributed by atoms with E-state index >= 15 is 0 Å². The van der Waals surface area contributed by atoms with E-state index in [1.54, 1.807) is 0 Å². The summed E-state index contributed by atoms with van der Waals surface area (Å²) in [6, 6.07) is 0. The first-order valence-corrected chi connectivity index (χ1v) is 5.25. The molecule has 0 rings (SSSR count). The first-order valence-electron chi connectivity index (χ1n) is 3.78. The fraction of sp³-hybridized carbons (Fsp3) is 1.00. The molecule has 0 fully saturated rings. The van der Waals surface area contributed by atoms with Gasteiger partial charge in [-0.15, -0.1) is 0 Å². The number of halogens is 4. The Morgan fingerprint density at radius 1 is 1.20 bits per heavy atom. The Kier molecular flexibility index (Phi) is 7.91. The SMILES string of the molecule is O=S(=O)([O-])C(F)CCCCC(F)(F)F.[Li+]. The molecule has 1 atom stereocenters. The maximum absolute atomic E-state index is 12.3. The van der Waals surface area contributed by atoms with Gasteiger partial charge in [0.1, 0.15) is 10.1 Å². The zero-order chi connectivity index (χ0) is 11.4. The average molecular weight is 244 g/mol. The Labute approximate surface area is 97.2 Å². The Hall–Kier alpha value is 0.227. The molecule has 0 amide bonds. The summed E-state index contributed by atoms with van der Waals surface area (Å²) in [5, 5.41) is 0. The van der Waals surface area contributed by atoms with Crippen molar-refractivity contribution in [2.75, 3.05) is 0 Å². The Morgan fingerprint density at radius 2 is 1.67 bits per heavy atom. The molecule has 0 aliphatic carbocycles. The maximum Gasteiger partial charge on any atom is 1.00 e. The molecule has 0 spiro atoms. The molecule has 3 nitrogen and oxygen atoms in total. The van der Waals surface area contributed by atoms with Gasteiger partial charge in [-0.25, -0.2) is 12.8 Å². The zero-order valence-electron chi connectivity index (χ0n) is 8.05. The number of unbranched alkanes of at least 4 members (excludes halogenated alkanes) is 1. The molecule has 15 heavy (non-hydrogen) atoms. The minimum atomic E-state index is -5.02. The molecule has 0 aromatic heterocycles. The van der Waals surface area contributed by atoms with Gasteiger partial charge in [0.25, 0.3) is 0 Å². The van der Waals surface area contributed by atoms with E-state index in [0.29, 0.717) is 0 Å². The second-order valence-electron chi connectivity index (χ2n) is 2.76. The number of hydrogen-bond acceptors (Lipinski definition) is 3. The van der Waals surface area contributed by atoms with Crippen molar-refractivity contribution in [1.29, 1.82) is 0 Å². The van der Waals surface area contributed by atoms with Gasteiger partial charge in [-0.05, 0) is 19.3 Å². The van der Waals surface area contributed by atoms with Gasteiger partial charge in [0, 0.05) is 6.42 Å². The van der Waals surface area contributed by atoms with Gasteiger partial charge in [0.15, 0.2) is 5.50 Å². The quantitative estimate of drug-likeness (QED) is 0.268. The topological polar surface area (TPSA) is 57.2 Å². The predicted molar refractivity (Wildman–Crippen MR) is 39.1 cm³/mol. The van der Waals surface area contributed by atoms with E-state index < -0.39 is 34.6 Å². The van der Waals surface area contributed by atoms with Gasteiger partial charge in [-0.3, -0.25) is 0 Å². The van der Waals surface area contributed by atoms with Crippen molar-refractivity contribution in [2.24, 2.45) is 0 Å². The summed E-state index contributed by atoms with van der Waals surface area (Å²) in [5.41, 5.74) is -2.60. The molecule has 86 valence electrons. The van der Waals surface area contributed by atoms with Crippen LogP contribution in [0, 0.1) is 0 Å². The monoisotopic (exact) mass is 244 g/mol. The van der Waals surface area contributed by atoms with E-state index in [1.807, 2.05) is 0 Å². The van der Waals surface area contributed by atoms with Crippen LogP contribution in [0.2, 0.25) is 0 Å². The largest absolute Gasteiger partial charge is 1.00 e. The van der Waals surface area contributed by atoms with Crippen molar-refractivity contribution < 1.29 is 49.4 Å². The molecule has 0 aliphatic rings. The maximum atomic E-state index is 12.3. The molecule has 0 radical (unpaired) electrons. The second kappa shape index (κ2) is 6.73. The molecule has 0 aliphatic heterocycles. The third-order valence-corrected chi connectivity index (χ3v) is 2.32. The van der Waals surface area contributed by atoms with Crippen LogP contribution in [0.5, 0.6) is 0 Å². The molecule has 9 heteroatoms. The molecule has 0 bridgehead atoms. The van der Waals surface area contributed by atoms with E-state index in [1.165, 1.54) is 0 Å². The van der Waals surface area contributed by atoms with Crippen LogP contribution >= 0.6 is 0 Å². The fourth-order valence-corrected chi connectivity index (χ4v) is 1.23. The standard InChI is InChI=1S/C6H10F4O3S.Li/c7-5(14(11,12)13)3-1-2-4-6(8,9)10;/h5H,1-4H2,(H,11,12,13);/q;+1/p-1. The summed E-state index contributed by atoms with van der Waals surface area (Å²) in [4.78, 5) is 0. The van der Waals surface area contributed by atoms with Gasteiger partial charge in [0.2, 0.25) is 0 Å². The summed E-state index contributed by atoms with van der Waals surface area (Å²) in [7, 11) is -5.02. The molecule has 1 unspecified atom stereocenters. The second-order valence-corrected chi connectivity index (χ2v) is 4.26. The predicted octanol–water partition coefficient (Wildman–Crippen LogP) is -1.05. The van der Waals surface area contributed by atoms with Crippen molar-refractivity contribution >= 4 is 10.1 Å². The van der Waals surface area contributed by atoms with Crippen LogP contribution in [0.1, 0.15) is 25.7 Å². The summed E-state index contributed by atoms with van der Waals surface area (Å²) < 4.78 is 76.9. The zero-order valence-corrected chi connectivity index (χ0v) is 8.87. The third kappa shape index (κ3) is 10.5. The van der Waals surface area contributed by atoms with Gasteiger partial charge < -0.3 is 4.55 Å². The Balaban J connectivity index is 0. The molecular weight excluding hydrogens is 235 g/mol. The van der Waals surface area contributed by atoms with E-state index in [9.17, 15) is 30.5 Å². The van der Waals surface area contributed by atoms with E-state index in [-0.39, 0.29) is 31.7 Å². The third-order valence-electron chi connectivity index (χ3n) is 1.45. The van der Waals surface area contributed by atoms with Gasteiger partial charge in [0.05, 0.1) is 0 Å². The molecule has 0 saturated heterocycles.